The van der Waals surface area contributed by atoms with Gasteiger partial charge in [-0.05, 0) is 40.0 Å². The third kappa shape index (κ3) is 2.48. The van der Waals surface area contributed by atoms with Crippen molar-refractivity contribution in [3.63, 3.8) is 0 Å². The van der Waals surface area contributed by atoms with Gasteiger partial charge in [0.2, 0.25) is 0 Å². The molecule has 2 atom stereocenters. The van der Waals surface area contributed by atoms with E-state index in [0.29, 0.717) is 11.3 Å². The van der Waals surface area contributed by atoms with E-state index in [-0.39, 0.29) is 11.9 Å². The first-order valence-electron chi connectivity index (χ1n) is 6.54. The zero-order valence-electron chi connectivity index (χ0n) is 11.9. The molecule has 0 radical (unpaired) electrons. The molecule has 0 amide bonds. The Morgan fingerprint density at radius 1 is 1.58 bits per heavy atom. The molecule has 0 aromatic rings. The lowest BCUT2D eigenvalue weighted by molar-refractivity contribution is -0.136. The van der Waals surface area contributed by atoms with Crippen molar-refractivity contribution in [2.24, 2.45) is 5.92 Å². The molecule has 1 aliphatic carbocycles. The maximum atomic E-state index is 11.9. The van der Waals surface area contributed by atoms with Crippen LogP contribution in [-0.2, 0) is 14.3 Å². The highest BCUT2D eigenvalue weighted by molar-refractivity contribution is 5.90. The lowest BCUT2D eigenvalue weighted by Gasteiger charge is -2.24. The molecule has 0 aromatic heterocycles. The van der Waals surface area contributed by atoms with Gasteiger partial charge in [-0.2, -0.15) is 0 Å². The first-order valence-corrected chi connectivity index (χ1v) is 6.54. The van der Waals surface area contributed by atoms with Crippen LogP contribution in [0.1, 0.15) is 40.0 Å². The molecule has 104 valence electrons. The normalized spacial score (nSPS) is 29.4. The van der Waals surface area contributed by atoms with Crippen molar-refractivity contribution in [1.82, 2.24) is 0 Å². The van der Waals surface area contributed by atoms with Crippen LogP contribution in [-0.4, -0.2) is 29.4 Å². The van der Waals surface area contributed by atoms with Gasteiger partial charge in [-0.25, -0.2) is 4.79 Å². The Labute approximate surface area is 113 Å². The molecule has 4 heteroatoms. The molecule has 1 aliphatic heterocycles. The number of methoxy groups -OCH3 is 1. The summed E-state index contributed by atoms with van der Waals surface area (Å²) >= 11 is 0. The van der Waals surface area contributed by atoms with Crippen molar-refractivity contribution < 1.29 is 19.4 Å². The van der Waals surface area contributed by atoms with Crippen molar-refractivity contribution in [1.29, 1.82) is 0 Å². The first-order chi connectivity index (χ1) is 8.79. The number of fused-ring (bicyclic) bond motifs is 1. The van der Waals surface area contributed by atoms with Gasteiger partial charge in [0.1, 0.15) is 11.4 Å². The summed E-state index contributed by atoms with van der Waals surface area (Å²) in [6.45, 7) is 5.05. The number of hydrogen-bond donors (Lipinski definition) is 1. The Kier molecular flexibility index (Phi) is 3.36. The summed E-state index contributed by atoms with van der Waals surface area (Å²) in [7, 11) is 1.38. The van der Waals surface area contributed by atoms with Crippen LogP contribution >= 0.6 is 0 Å². The second kappa shape index (κ2) is 4.57. The van der Waals surface area contributed by atoms with E-state index in [4.69, 9.17) is 9.47 Å². The van der Waals surface area contributed by atoms with Gasteiger partial charge >= 0.3 is 5.97 Å². The van der Waals surface area contributed by atoms with E-state index in [1.807, 2.05) is 0 Å². The molecule has 1 fully saturated rings. The van der Waals surface area contributed by atoms with Gasteiger partial charge in [0.05, 0.1) is 12.7 Å². The average molecular weight is 264 g/mol. The van der Waals surface area contributed by atoms with Crippen LogP contribution in [0.15, 0.2) is 11.3 Å². The van der Waals surface area contributed by atoms with Crippen molar-refractivity contribution in [2.75, 3.05) is 7.11 Å². The highest BCUT2D eigenvalue weighted by Gasteiger charge is 2.53. The fraction of sp³-hybridized carbons (Fsp3) is 0.667. The highest BCUT2D eigenvalue weighted by atomic mass is 16.5. The number of hydrogen-bond acceptors (Lipinski definition) is 4. The van der Waals surface area contributed by atoms with Crippen LogP contribution in [0, 0.1) is 17.8 Å². The molecule has 0 unspecified atom stereocenters. The van der Waals surface area contributed by atoms with Crippen molar-refractivity contribution in [2.45, 2.75) is 51.2 Å². The Bertz CT molecular complexity index is 487. The maximum Gasteiger partial charge on any atom is 0.337 e. The third-order valence-corrected chi connectivity index (χ3v) is 3.65. The van der Waals surface area contributed by atoms with Gasteiger partial charge < -0.3 is 14.6 Å². The summed E-state index contributed by atoms with van der Waals surface area (Å²) in [4.78, 5) is 11.9. The van der Waals surface area contributed by atoms with E-state index in [0.717, 1.165) is 19.3 Å². The van der Waals surface area contributed by atoms with Gasteiger partial charge in [0.25, 0.3) is 0 Å². The summed E-state index contributed by atoms with van der Waals surface area (Å²) in [5.41, 5.74) is -1.12. The number of carbonyl (C=O) groups is 1. The Morgan fingerprint density at radius 3 is 2.84 bits per heavy atom. The zero-order chi connectivity index (χ0) is 14.3. The lowest BCUT2D eigenvalue weighted by Crippen LogP contribution is -2.32. The zero-order valence-corrected chi connectivity index (χ0v) is 11.9. The minimum Gasteiger partial charge on any atom is -0.478 e. The van der Waals surface area contributed by atoms with E-state index in [1.54, 1.807) is 20.8 Å². The Hall–Kier alpha value is -1.47. The van der Waals surface area contributed by atoms with Crippen LogP contribution < -0.4 is 0 Å². The Balaban J connectivity index is 2.35. The van der Waals surface area contributed by atoms with Gasteiger partial charge in [-0.3, -0.25) is 0 Å². The monoisotopic (exact) mass is 264 g/mol. The molecule has 2 aliphatic rings. The van der Waals surface area contributed by atoms with E-state index >= 15 is 0 Å². The minimum absolute atomic E-state index is 0.0465. The molecule has 4 nitrogen and oxygen atoms in total. The molecule has 19 heavy (non-hydrogen) atoms. The standard InChI is InChI=1S/C15H20O4/c1-10-12(13(16)18-4)11-6-5-7-15(11,19-10)9-8-14(2,3)17/h11,17H,5-7H2,1-4H3/t11-,15+/m0/s1. The highest BCUT2D eigenvalue weighted by Crippen LogP contribution is 2.50. The fourth-order valence-corrected chi connectivity index (χ4v) is 2.88. The molecular formula is C15H20O4. The van der Waals surface area contributed by atoms with E-state index < -0.39 is 11.2 Å². The van der Waals surface area contributed by atoms with Crippen LogP contribution in [0.25, 0.3) is 0 Å². The van der Waals surface area contributed by atoms with Crippen LogP contribution in [0.5, 0.6) is 0 Å². The topological polar surface area (TPSA) is 55.8 Å². The van der Waals surface area contributed by atoms with Crippen LogP contribution in [0.4, 0.5) is 0 Å². The van der Waals surface area contributed by atoms with Crippen molar-refractivity contribution in [3.05, 3.63) is 11.3 Å². The summed E-state index contributed by atoms with van der Waals surface area (Å²) in [6, 6.07) is 0. The number of aliphatic hydroxyl groups is 1. The van der Waals surface area contributed by atoms with Gasteiger partial charge in [0.15, 0.2) is 5.60 Å². The number of rotatable bonds is 1. The molecule has 0 aromatic carbocycles. The predicted molar refractivity (Wildman–Crippen MR) is 69.9 cm³/mol. The second-order valence-corrected chi connectivity index (χ2v) is 5.71. The van der Waals surface area contributed by atoms with E-state index in [1.165, 1.54) is 7.11 Å². The maximum absolute atomic E-state index is 11.9. The van der Waals surface area contributed by atoms with Gasteiger partial charge in [0, 0.05) is 5.92 Å². The summed E-state index contributed by atoms with van der Waals surface area (Å²) in [5, 5.41) is 9.75. The van der Waals surface area contributed by atoms with Gasteiger partial charge in [-0.15, -0.1) is 0 Å². The fourth-order valence-electron chi connectivity index (χ4n) is 2.88. The van der Waals surface area contributed by atoms with Crippen molar-refractivity contribution in [3.8, 4) is 11.8 Å². The molecule has 0 saturated heterocycles. The number of allylic oxidation sites excluding steroid dienone is 1. The quantitative estimate of drug-likeness (QED) is 0.579. The smallest absolute Gasteiger partial charge is 0.337 e. The van der Waals surface area contributed by atoms with Crippen LogP contribution in [0.2, 0.25) is 0 Å². The largest absolute Gasteiger partial charge is 0.478 e. The molecule has 0 bridgehead atoms. The van der Waals surface area contributed by atoms with Crippen molar-refractivity contribution >= 4 is 5.97 Å². The minimum atomic E-state index is -1.06. The number of ether oxygens (including phenoxy) is 2. The van der Waals surface area contributed by atoms with E-state index in [9.17, 15) is 9.90 Å². The van der Waals surface area contributed by atoms with Gasteiger partial charge in [-0.1, -0.05) is 11.8 Å². The number of esters is 1. The molecular weight excluding hydrogens is 244 g/mol. The first kappa shape index (κ1) is 14.0. The third-order valence-electron chi connectivity index (χ3n) is 3.65. The predicted octanol–water partition coefficient (Wildman–Crippen LogP) is 1.78. The lowest BCUT2D eigenvalue weighted by atomic mass is 9.86. The number of carbonyl (C=O) groups excluding carboxylic acids is 1. The Morgan fingerprint density at radius 2 is 2.26 bits per heavy atom. The SMILES string of the molecule is COC(=O)C1=C(C)O[C@@]2(C#CC(C)(C)O)CCC[C@@H]12. The summed E-state index contributed by atoms with van der Waals surface area (Å²) in [6.07, 6.45) is 2.60. The summed E-state index contributed by atoms with van der Waals surface area (Å²) in [5.74, 6) is 6.11. The molecule has 1 heterocycles. The van der Waals surface area contributed by atoms with Crippen LogP contribution in [0.3, 0.4) is 0 Å². The molecule has 1 saturated carbocycles. The van der Waals surface area contributed by atoms with E-state index in [2.05, 4.69) is 11.8 Å². The molecule has 2 rings (SSSR count). The summed E-state index contributed by atoms with van der Waals surface area (Å²) < 4.78 is 10.7. The molecule has 0 spiro atoms. The average Bonchev–Trinajstić information content (AvgIpc) is 2.80. The second-order valence-electron chi connectivity index (χ2n) is 5.71. The molecule has 1 N–H and O–H groups in total.